The van der Waals surface area contributed by atoms with Crippen molar-refractivity contribution in [2.24, 2.45) is 0 Å². The van der Waals surface area contributed by atoms with Crippen LogP contribution in [0.1, 0.15) is 17.3 Å². The fraction of sp³-hybridized carbons (Fsp3) is 0.278. The summed E-state index contributed by atoms with van der Waals surface area (Å²) in [6.45, 7) is 2.34. The highest BCUT2D eigenvalue weighted by molar-refractivity contribution is 6.09. The third-order valence-corrected chi connectivity index (χ3v) is 3.84. The number of carbonyl (C=O) groups is 2. The molecule has 1 N–H and O–H groups in total. The van der Waals surface area contributed by atoms with E-state index < -0.39 is 6.10 Å². The van der Waals surface area contributed by atoms with Gasteiger partial charge >= 0.3 is 0 Å². The van der Waals surface area contributed by atoms with Gasteiger partial charge in [0.2, 0.25) is 5.88 Å². The van der Waals surface area contributed by atoms with Crippen molar-refractivity contribution >= 4 is 17.5 Å². The van der Waals surface area contributed by atoms with Crippen LogP contribution in [0.3, 0.4) is 0 Å². The van der Waals surface area contributed by atoms with E-state index in [1.54, 1.807) is 36.5 Å². The lowest BCUT2D eigenvalue weighted by atomic mass is 10.1. The zero-order chi connectivity index (χ0) is 17.8. The van der Waals surface area contributed by atoms with Crippen molar-refractivity contribution in [3.63, 3.8) is 0 Å². The zero-order valence-corrected chi connectivity index (χ0v) is 14.1. The van der Waals surface area contributed by atoms with Crippen molar-refractivity contribution in [1.82, 2.24) is 10.3 Å². The van der Waals surface area contributed by atoms with Crippen LogP contribution < -0.4 is 19.7 Å². The summed E-state index contributed by atoms with van der Waals surface area (Å²) in [6, 6.07) is 10.5. The first-order valence-corrected chi connectivity index (χ1v) is 8.02. The lowest BCUT2D eigenvalue weighted by molar-refractivity contribution is -0.127. The molecule has 1 atom stereocenters. The molecule has 0 radical (unpaired) electrons. The first-order chi connectivity index (χ1) is 12.2. The Kier molecular flexibility index (Phi) is 4.83. The molecule has 1 aliphatic heterocycles. The Morgan fingerprint density at radius 3 is 2.88 bits per heavy atom. The van der Waals surface area contributed by atoms with E-state index in [4.69, 9.17) is 9.47 Å². The number of likely N-dealkylation sites (N-methyl/N-ethyl adjacent to an activating group) is 1. The SMILES string of the molecule is CCOc1ncccc1C(=O)N1CC(C(=O)NC)Oc2ccccc21. The van der Waals surface area contributed by atoms with E-state index in [1.165, 1.54) is 11.9 Å². The number of hydrogen-bond acceptors (Lipinski definition) is 5. The lowest BCUT2D eigenvalue weighted by Crippen LogP contribution is -2.50. The Morgan fingerprint density at radius 1 is 1.32 bits per heavy atom. The van der Waals surface area contributed by atoms with Gasteiger partial charge in [-0.1, -0.05) is 12.1 Å². The standard InChI is InChI=1S/C18H19N3O4/c1-3-24-17-12(7-6-10-20-17)18(23)21-11-15(16(22)19-2)25-14-9-5-4-8-13(14)21/h4-10,15H,3,11H2,1-2H3,(H,19,22). The lowest BCUT2D eigenvalue weighted by Gasteiger charge is -2.34. The maximum Gasteiger partial charge on any atom is 0.264 e. The minimum atomic E-state index is -0.781. The van der Waals surface area contributed by atoms with Gasteiger partial charge in [0.1, 0.15) is 11.3 Å². The maximum atomic E-state index is 13.1. The van der Waals surface area contributed by atoms with E-state index in [0.29, 0.717) is 23.6 Å². The van der Waals surface area contributed by atoms with Gasteiger partial charge in [0.25, 0.3) is 11.8 Å². The number of para-hydroxylation sites is 2. The van der Waals surface area contributed by atoms with E-state index in [9.17, 15) is 9.59 Å². The molecule has 1 unspecified atom stereocenters. The second-order valence-electron chi connectivity index (χ2n) is 5.39. The summed E-state index contributed by atoms with van der Waals surface area (Å²) in [5.41, 5.74) is 0.954. The van der Waals surface area contributed by atoms with E-state index >= 15 is 0 Å². The molecule has 0 fully saturated rings. The quantitative estimate of drug-likeness (QED) is 0.914. The Morgan fingerprint density at radius 2 is 2.12 bits per heavy atom. The zero-order valence-electron chi connectivity index (χ0n) is 14.1. The van der Waals surface area contributed by atoms with Crippen molar-refractivity contribution in [3.05, 3.63) is 48.2 Å². The number of benzene rings is 1. The average Bonchev–Trinajstić information content (AvgIpc) is 2.66. The molecule has 1 aromatic heterocycles. The number of ether oxygens (including phenoxy) is 2. The average molecular weight is 341 g/mol. The van der Waals surface area contributed by atoms with Gasteiger partial charge in [0.15, 0.2) is 6.10 Å². The molecular formula is C18H19N3O4. The van der Waals surface area contributed by atoms with Crippen LogP contribution in [0.4, 0.5) is 5.69 Å². The molecule has 0 aliphatic carbocycles. The number of nitrogens with one attached hydrogen (secondary N) is 1. The monoisotopic (exact) mass is 341 g/mol. The summed E-state index contributed by atoms with van der Waals surface area (Å²) < 4.78 is 11.2. The smallest absolute Gasteiger partial charge is 0.264 e. The fourth-order valence-corrected chi connectivity index (χ4v) is 2.67. The topological polar surface area (TPSA) is 80.8 Å². The number of carbonyl (C=O) groups excluding carboxylic acids is 2. The van der Waals surface area contributed by atoms with Gasteiger partial charge in [-0.3, -0.25) is 9.59 Å². The minimum Gasteiger partial charge on any atom is -0.477 e. The Labute approximate surface area is 145 Å². The molecule has 2 heterocycles. The number of anilines is 1. The van der Waals surface area contributed by atoms with Gasteiger partial charge < -0.3 is 19.7 Å². The van der Waals surface area contributed by atoms with Crippen LogP contribution in [-0.2, 0) is 4.79 Å². The Hall–Kier alpha value is -3.09. The normalized spacial score (nSPS) is 15.8. The molecule has 1 aromatic carbocycles. The van der Waals surface area contributed by atoms with Crippen LogP contribution in [0.2, 0.25) is 0 Å². The second-order valence-corrected chi connectivity index (χ2v) is 5.39. The van der Waals surface area contributed by atoms with Gasteiger partial charge in [-0.15, -0.1) is 0 Å². The number of nitrogens with zero attached hydrogens (tertiary/aromatic N) is 2. The summed E-state index contributed by atoms with van der Waals surface area (Å²) in [7, 11) is 1.53. The Balaban J connectivity index is 2.00. The van der Waals surface area contributed by atoms with Gasteiger partial charge in [-0.05, 0) is 31.2 Å². The minimum absolute atomic E-state index is 0.107. The molecule has 2 amide bonds. The van der Waals surface area contributed by atoms with Crippen molar-refractivity contribution in [2.75, 3.05) is 25.1 Å². The van der Waals surface area contributed by atoms with Crippen LogP contribution in [0.15, 0.2) is 42.6 Å². The molecule has 1 aliphatic rings. The number of amides is 2. The third-order valence-electron chi connectivity index (χ3n) is 3.84. The Bertz CT molecular complexity index is 793. The molecule has 130 valence electrons. The molecule has 3 rings (SSSR count). The maximum absolute atomic E-state index is 13.1. The van der Waals surface area contributed by atoms with Gasteiger partial charge in [0, 0.05) is 13.2 Å². The number of rotatable bonds is 4. The van der Waals surface area contributed by atoms with E-state index in [2.05, 4.69) is 10.3 Å². The predicted molar refractivity (Wildman–Crippen MR) is 92.0 cm³/mol. The van der Waals surface area contributed by atoms with Gasteiger partial charge in [-0.2, -0.15) is 0 Å². The third kappa shape index (κ3) is 3.26. The highest BCUT2D eigenvalue weighted by Crippen LogP contribution is 2.34. The summed E-state index contributed by atoms with van der Waals surface area (Å²) >= 11 is 0. The van der Waals surface area contributed by atoms with Crippen LogP contribution in [0.25, 0.3) is 0 Å². The van der Waals surface area contributed by atoms with Crippen LogP contribution in [0, 0.1) is 0 Å². The van der Waals surface area contributed by atoms with E-state index in [1.807, 2.05) is 13.0 Å². The fourth-order valence-electron chi connectivity index (χ4n) is 2.67. The number of aromatic nitrogens is 1. The summed E-state index contributed by atoms with van der Waals surface area (Å²) in [6.07, 6.45) is 0.790. The van der Waals surface area contributed by atoms with E-state index in [0.717, 1.165) is 0 Å². The summed E-state index contributed by atoms with van der Waals surface area (Å²) in [5.74, 6) is 0.178. The van der Waals surface area contributed by atoms with Gasteiger partial charge in [0.05, 0.1) is 18.8 Å². The first kappa shape index (κ1) is 16.8. The molecule has 0 spiro atoms. The number of hydrogen-bond donors (Lipinski definition) is 1. The molecule has 7 nitrogen and oxygen atoms in total. The van der Waals surface area contributed by atoms with Crippen LogP contribution in [0.5, 0.6) is 11.6 Å². The predicted octanol–water partition coefficient (Wildman–Crippen LogP) is 1.63. The van der Waals surface area contributed by atoms with Gasteiger partial charge in [-0.25, -0.2) is 4.98 Å². The highest BCUT2D eigenvalue weighted by Gasteiger charge is 2.34. The molecule has 0 saturated heterocycles. The number of pyridine rings is 1. The van der Waals surface area contributed by atoms with E-state index in [-0.39, 0.29) is 24.2 Å². The van der Waals surface area contributed by atoms with Crippen LogP contribution in [-0.4, -0.2) is 43.1 Å². The first-order valence-electron chi connectivity index (χ1n) is 8.02. The second kappa shape index (κ2) is 7.21. The highest BCUT2D eigenvalue weighted by atomic mass is 16.5. The summed E-state index contributed by atoms with van der Waals surface area (Å²) in [5, 5.41) is 2.56. The van der Waals surface area contributed by atoms with Crippen LogP contribution >= 0.6 is 0 Å². The van der Waals surface area contributed by atoms with Crippen molar-refractivity contribution in [1.29, 1.82) is 0 Å². The molecule has 0 saturated carbocycles. The van der Waals surface area contributed by atoms with Crippen molar-refractivity contribution in [2.45, 2.75) is 13.0 Å². The molecule has 2 aromatic rings. The summed E-state index contributed by atoms with van der Waals surface area (Å²) in [4.78, 5) is 30.8. The number of fused-ring (bicyclic) bond motifs is 1. The van der Waals surface area contributed by atoms with Crippen molar-refractivity contribution in [3.8, 4) is 11.6 Å². The molecule has 0 bridgehead atoms. The van der Waals surface area contributed by atoms with Crippen molar-refractivity contribution < 1.29 is 19.1 Å². The largest absolute Gasteiger partial charge is 0.477 e. The molecular weight excluding hydrogens is 322 g/mol. The molecule has 25 heavy (non-hydrogen) atoms. The molecule has 7 heteroatoms.